The van der Waals surface area contributed by atoms with Crippen LogP contribution in [-0.4, -0.2) is 24.8 Å². The second-order valence-electron chi connectivity index (χ2n) is 3.27. The van der Waals surface area contributed by atoms with E-state index in [9.17, 15) is 9.90 Å². The van der Waals surface area contributed by atoms with E-state index in [1.54, 1.807) is 31.2 Å². The fourth-order valence-corrected chi connectivity index (χ4v) is 1.43. The Labute approximate surface area is 94.8 Å². The number of para-hydroxylation sites is 1. The number of benzene rings is 1. The summed E-state index contributed by atoms with van der Waals surface area (Å²) in [5.41, 5.74) is 0.595. The number of methoxy groups -OCH3 is 1. The van der Waals surface area contributed by atoms with E-state index in [1.165, 1.54) is 7.11 Å². The molecule has 1 aromatic carbocycles. The van der Waals surface area contributed by atoms with Crippen molar-refractivity contribution in [1.82, 2.24) is 0 Å². The molecule has 0 saturated carbocycles. The molecule has 0 fully saturated rings. The number of hydrogen-bond acceptors (Lipinski definition) is 4. The van der Waals surface area contributed by atoms with Crippen LogP contribution in [0.4, 0.5) is 0 Å². The van der Waals surface area contributed by atoms with E-state index in [2.05, 4.69) is 0 Å². The van der Waals surface area contributed by atoms with Gasteiger partial charge in [0.15, 0.2) is 0 Å². The zero-order valence-electron chi connectivity index (χ0n) is 9.47. The topological polar surface area (TPSA) is 55.8 Å². The Hall–Kier alpha value is -1.55. The first-order valence-electron chi connectivity index (χ1n) is 5.15. The molecule has 0 heterocycles. The first-order chi connectivity index (χ1) is 7.69. The van der Waals surface area contributed by atoms with Crippen LogP contribution in [0.1, 0.15) is 25.0 Å². The fraction of sp³-hybridized carbons (Fsp3) is 0.417. The van der Waals surface area contributed by atoms with E-state index >= 15 is 0 Å². The summed E-state index contributed by atoms with van der Waals surface area (Å²) in [6, 6.07) is 7.05. The molecule has 0 saturated heterocycles. The number of esters is 1. The molecular formula is C12H16O4. The summed E-state index contributed by atoms with van der Waals surface area (Å²) in [6.45, 7) is 2.05. The van der Waals surface area contributed by atoms with E-state index in [1.807, 2.05) is 0 Å². The summed E-state index contributed by atoms with van der Waals surface area (Å²) in [5.74, 6) is 0.153. The number of carbonyl (C=O) groups excluding carboxylic acids is 1. The number of aliphatic hydroxyl groups is 1. The molecule has 1 N–H and O–H groups in total. The smallest absolute Gasteiger partial charge is 0.308 e. The molecule has 0 radical (unpaired) electrons. The molecule has 0 aliphatic rings. The zero-order valence-corrected chi connectivity index (χ0v) is 9.47. The van der Waals surface area contributed by atoms with Crippen molar-refractivity contribution in [3.63, 3.8) is 0 Å². The highest BCUT2D eigenvalue weighted by Gasteiger charge is 2.17. The largest absolute Gasteiger partial charge is 0.496 e. The summed E-state index contributed by atoms with van der Waals surface area (Å²) >= 11 is 0. The second kappa shape index (κ2) is 6.12. The molecule has 88 valence electrons. The summed E-state index contributed by atoms with van der Waals surface area (Å²) in [6.07, 6.45) is -0.955. The minimum absolute atomic E-state index is 0.0613. The Kier molecular flexibility index (Phi) is 4.79. The fourth-order valence-electron chi connectivity index (χ4n) is 1.43. The molecule has 1 aromatic rings. The van der Waals surface area contributed by atoms with E-state index < -0.39 is 12.1 Å². The molecule has 1 rings (SSSR count). The van der Waals surface area contributed by atoms with Crippen molar-refractivity contribution in [2.45, 2.75) is 19.4 Å². The van der Waals surface area contributed by atoms with E-state index in [0.717, 1.165) is 0 Å². The van der Waals surface area contributed by atoms with Crippen LogP contribution in [0, 0.1) is 0 Å². The highest BCUT2D eigenvalue weighted by molar-refractivity contribution is 5.70. The maximum absolute atomic E-state index is 11.2. The van der Waals surface area contributed by atoms with Gasteiger partial charge in [0, 0.05) is 5.56 Å². The van der Waals surface area contributed by atoms with Crippen molar-refractivity contribution in [3.8, 4) is 5.75 Å². The molecule has 0 amide bonds. The van der Waals surface area contributed by atoms with Gasteiger partial charge in [-0.1, -0.05) is 18.2 Å². The molecule has 0 aliphatic heterocycles. The summed E-state index contributed by atoms with van der Waals surface area (Å²) in [5, 5.41) is 9.85. The van der Waals surface area contributed by atoms with Gasteiger partial charge in [-0.25, -0.2) is 0 Å². The average Bonchev–Trinajstić information content (AvgIpc) is 2.29. The third-order valence-electron chi connectivity index (χ3n) is 2.16. The van der Waals surface area contributed by atoms with E-state index in [4.69, 9.17) is 9.47 Å². The molecule has 0 bridgehead atoms. The van der Waals surface area contributed by atoms with Crippen LogP contribution in [0.5, 0.6) is 5.75 Å². The molecule has 0 aliphatic carbocycles. The molecule has 0 spiro atoms. The lowest BCUT2D eigenvalue weighted by atomic mass is 10.1. The first-order valence-corrected chi connectivity index (χ1v) is 5.15. The highest BCUT2D eigenvalue weighted by atomic mass is 16.5. The Bertz CT molecular complexity index is 349. The third kappa shape index (κ3) is 3.24. The summed E-state index contributed by atoms with van der Waals surface area (Å²) in [7, 11) is 1.52. The normalized spacial score (nSPS) is 11.9. The minimum atomic E-state index is -0.893. The summed E-state index contributed by atoms with van der Waals surface area (Å²) in [4.78, 5) is 11.2. The van der Waals surface area contributed by atoms with E-state index in [-0.39, 0.29) is 6.42 Å². The van der Waals surface area contributed by atoms with Crippen LogP contribution in [0.2, 0.25) is 0 Å². The predicted molar refractivity (Wildman–Crippen MR) is 59.2 cm³/mol. The summed E-state index contributed by atoms with van der Waals surface area (Å²) < 4.78 is 9.86. The second-order valence-corrected chi connectivity index (χ2v) is 3.27. The van der Waals surface area contributed by atoms with Gasteiger partial charge in [0.2, 0.25) is 0 Å². The number of aliphatic hydroxyl groups excluding tert-OH is 1. The average molecular weight is 224 g/mol. The Balaban J connectivity index is 2.72. The molecule has 1 atom stereocenters. The molecule has 0 unspecified atom stereocenters. The lowest BCUT2D eigenvalue weighted by Gasteiger charge is -2.13. The van der Waals surface area contributed by atoms with E-state index in [0.29, 0.717) is 17.9 Å². The van der Waals surface area contributed by atoms with Gasteiger partial charge < -0.3 is 14.6 Å². The maximum Gasteiger partial charge on any atom is 0.308 e. The van der Waals surface area contributed by atoms with Crippen LogP contribution in [-0.2, 0) is 9.53 Å². The van der Waals surface area contributed by atoms with Gasteiger partial charge in [0.05, 0.1) is 26.2 Å². The van der Waals surface area contributed by atoms with Gasteiger partial charge in [-0.3, -0.25) is 4.79 Å². The van der Waals surface area contributed by atoms with Crippen molar-refractivity contribution >= 4 is 5.97 Å². The first kappa shape index (κ1) is 12.5. The Morgan fingerprint density at radius 2 is 2.12 bits per heavy atom. The maximum atomic E-state index is 11.2. The number of carbonyl (C=O) groups is 1. The Morgan fingerprint density at radius 1 is 1.44 bits per heavy atom. The molecule has 16 heavy (non-hydrogen) atoms. The van der Waals surface area contributed by atoms with Crippen molar-refractivity contribution in [2.24, 2.45) is 0 Å². The zero-order chi connectivity index (χ0) is 12.0. The van der Waals surface area contributed by atoms with Crippen molar-refractivity contribution < 1.29 is 19.4 Å². The lowest BCUT2D eigenvalue weighted by molar-refractivity contribution is -0.145. The number of rotatable bonds is 5. The van der Waals surface area contributed by atoms with Gasteiger partial charge in [-0.15, -0.1) is 0 Å². The SMILES string of the molecule is CCOC(=O)C[C@@H](O)c1ccccc1OC. The molecule has 4 heteroatoms. The molecule has 4 nitrogen and oxygen atoms in total. The quantitative estimate of drug-likeness (QED) is 0.773. The monoisotopic (exact) mass is 224 g/mol. The van der Waals surface area contributed by atoms with Crippen molar-refractivity contribution in [2.75, 3.05) is 13.7 Å². The molecule has 0 aromatic heterocycles. The van der Waals surface area contributed by atoms with Gasteiger partial charge in [0.1, 0.15) is 5.75 Å². The predicted octanol–water partition coefficient (Wildman–Crippen LogP) is 1.68. The molecular weight excluding hydrogens is 208 g/mol. The van der Waals surface area contributed by atoms with Crippen LogP contribution in [0.25, 0.3) is 0 Å². The van der Waals surface area contributed by atoms with Gasteiger partial charge in [-0.2, -0.15) is 0 Å². The highest BCUT2D eigenvalue weighted by Crippen LogP contribution is 2.26. The Morgan fingerprint density at radius 3 is 2.75 bits per heavy atom. The van der Waals surface area contributed by atoms with Crippen LogP contribution in [0.15, 0.2) is 24.3 Å². The van der Waals surface area contributed by atoms with Crippen LogP contribution < -0.4 is 4.74 Å². The van der Waals surface area contributed by atoms with Crippen molar-refractivity contribution in [3.05, 3.63) is 29.8 Å². The van der Waals surface area contributed by atoms with Gasteiger partial charge in [-0.05, 0) is 13.0 Å². The minimum Gasteiger partial charge on any atom is -0.496 e. The number of hydrogen-bond donors (Lipinski definition) is 1. The van der Waals surface area contributed by atoms with Gasteiger partial charge >= 0.3 is 5.97 Å². The van der Waals surface area contributed by atoms with Crippen molar-refractivity contribution in [1.29, 1.82) is 0 Å². The lowest BCUT2D eigenvalue weighted by Crippen LogP contribution is -2.10. The van der Waals surface area contributed by atoms with Gasteiger partial charge in [0.25, 0.3) is 0 Å². The van der Waals surface area contributed by atoms with Crippen LogP contribution in [0.3, 0.4) is 0 Å². The number of ether oxygens (including phenoxy) is 2. The third-order valence-corrected chi connectivity index (χ3v) is 2.16. The van der Waals surface area contributed by atoms with Crippen LogP contribution >= 0.6 is 0 Å². The standard InChI is InChI=1S/C12H16O4/c1-3-16-12(14)8-10(13)9-6-4-5-7-11(9)15-2/h4-7,10,13H,3,8H2,1-2H3/t10-/m1/s1.